The van der Waals surface area contributed by atoms with Crippen molar-refractivity contribution in [3.05, 3.63) is 40.6 Å². The van der Waals surface area contributed by atoms with Crippen molar-refractivity contribution in [2.75, 3.05) is 5.32 Å². The number of halogens is 5. The summed E-state index contributed by atoms with van der Waals surface area (Å²) in [5, 5.41) is 9.99. The van der Waals surface area contributed by atoms with Crippen molar-refractivity contribution in [2.45, 2.75) is 6.36 Å². The number of aromatic nitrogens is 2. The Balaban J connectivity index is 2.21. The summed E-state index contributed by atoms with van der Waals surface area (Å²) in [5.74, 6) is -0.355. The van der Waals surface area contributed by atoms with Crippen LogP contribution in [-0.4, -0.2) is 16.6 Å². The smallest absolute Gasteiger partial charge is 0.406 e. The van der Waals surface area contributed by atoms with Gasteiger partial charge in [-0.05, 0) is 12.1 Å². The molecule has 1 N–H and O–H groups in total. The zero-order valence-corrected chi connectivity index (χ0v) is 11.1. The van der Waals surface area contributed by atoms with E-state index in [9.17, 15) is 13.2 Å². The van der Waals surface area contributed by atoms with E-state index in [1.54, 1.807) is 0 Å². The summed E-state index contributed by atoms with van der Waals surface area (Å²) in [4.78, 5) is 0. The molecule has 0 aliphatic carbocycles. The molecule has 1 aromatic heterocycles. The lowest BCUT2D eigenvalue weighted by molar-refractivity contribution is -0.274. The second kappa shape index (κ2) is 5.72. The number of rotatable bonds is 3. The topological polar surface area (TPSA) is 47.0 Å². The van der Waals surface area contributed by atoms with Gasteiger partial charge in [0.05, 0.1) is 5.69 Å². The number of benzene rings is 1. The van der Waals surface area contributed by atoms with E-state index < -0.39 is 6.36 Å². The average Bonchev–Trinajstić information content (AvgIpc) is 2.32. The molecule has 2 aromatic rings. The van der Waals surface area contributed by atoms with Gasteiger partial charge in [0.2, 0.25) is 0 Å². The molecule has 1 heterocycles. The van der Waals surface area contributed by atoms with E-state index in [1.165, 1.54) is 24.3 Å². The second-order valence-corrected chi connectivity index (χ2v) is 4.32. The average molecular weight is 324 g/mol. The number of alkyl halides is 3. The molecular formula is C11H6Cl2F3N3O. The number of hydrogen-bond donors (Lipinski definition) is 1. The molecule has 0 unspecified atom stereocenters. The number of nitrogens with one attached hydrogen (secondary N) is 1. The van der Waals surface area contributed by atoms with E-state index in [2.05, 4.69) is 20.3 Å². The highest BCUT2D eigenvalue weighted by molar-refractivity contribution is 6.33. The van der Waals surface area contributed by atoms with Crippen LogP contribution in [0.2, 0.25) is 10.3 Å². The van der Waals surface area contributed by atoms with Gasteiger partial charge in [-0.25, -0.2) is 0 Å². The van der Waals surface area contributed by atoms with Gasteiger partial charge in [0, 0.05) is 17.8 Å². The lowest BCUT2D eigenvalue weighted by Gasteiger charge is -2.11. The monoisotopic (exact) mass is 323 g/mol. The predicted molar refractivity (Wildman–Crippen MR) is 68.5 cm³/mol. The van der Waals surface area contributed by atoms with Crippen LogP contribution in [0.4, 0.5) is 24.5 Å². The van der Waals surface area contributed by atoms with Gasteiger partial charge in [0.25, 0.3) is 0 Å². The zero-order chi connectivity index (χ0) is 14.8. The first-order valence-corrected chi connectivity index (χ1v) is 5.91. The Morgan fingerprint density at radius 3 is 2.55 bits per heavy atom. The highest BCUT2D eigenvalue weighted by atomic mass is 35.5. The molecule has 20 heavy (non-hydrogen) atoms. The minimum absolute atomic E-state index is 0.0385. The third kappa shape index (κ3) is 4.14. The maximum Gasteiger partial charge on any atom is 0.573 e. The van der Waals surface area contributed by atoms with Crippen LogP contribution in [0.1, 0.15) is 0 Å². The van der Waals surface area contributed by atoms with Crippen LogP contribution in [0.25, 0.3) is 0 Å². The minimum atomic E-state index is -4.75. The molecule has 2 rings (SSSR count). The maximum atomic E-state index is 12.1. The van der Waals surface area contributed by atoms with Crippen molar-refractivity contribution in [1.82, 2.24) is 10.2 Å². The highest BCUT2D eigenvalue weighted by Gasteiger charge is 2.31. The summed E-state index contributed by atoms with van der Waals surface area (Å²) < 4.78 is 40.2. The molecule has 0 bridgehead atoms. The van der Waals surface area contributed by atoms with Crippen LogP contribution in [0.3, 0.4) is 0 Å². The fourth-order valence-corrected chi connectivity index (χ4v) is 1.65. The highest BCUT2D eigenvalue weighted by Crippen LogP contribution is 2.29. The second-order valence-electron chi connectivity index (χ2n) is 3.57. The first kappa shape index (κ1) is 14.7. The number of anilines is 2. The van der Waals surface area contributed by atoms with Gasteiger partial charge in [-0.2, -0.15) is 0 Å². The first-order valence-electron chi connectivity index (χ1n) is 5.15. The van der Waals surface area contributed by atoms with Gasteiger partial charge in [0.15, 0.2) is 10.3 Å². The summed E-state index contributed by atoms with van der Waals surface area (Å²) in [6, 6.07) is 6.67. The lowest BCUT2D eigenvalue weighted by Crippen LogP contribution is -2.17. The zero-order valence-electron chi connectivity index (χ0n) is 9.58. The molecule has 0 radical (unpaired) electrons. The van der Waals surface area contributed by atoms with Gasteiger partial charge in [0.1, 0.15) is 5.75 Å². The van der Waals surface area contributed by atoms with E-state index in [0.717, 1.165) is 6.07 Å². The van der Waals surface area contributed by atoms with Gasteiger partial charge in [-0.15, -0.1) is 23.4 Å². The van der Waals surface area contributed by atoms with Gasteiger partial charge >= 0.3 is 6.36 Å². The Morgan fingerprint density at radius 1 is 1.10 bits per heavy atom. The molecular weight excluding hydrogens is 318 g/mol. The third-order valence-electron chi connectivity index (χ3n) is 2.07. The molecule has 0 aliphatic rings. The summed E-state index contributed by atoms with van der Waals surface area (Å²) in [5.41, 5.74) is 0.647. The van der Waals surface area contributed by atoms with E-state index in [0.29, 0.717) is 11.4 Å². The molecule has 1 aromatic carbocycles. The molecule has 0 fully saturated rings. The van der Waals surface area contributed by atoms with Gasteiger partial charge in [-0.3, -0.25) is 0 Å². The quantitative estimate of drug-likeness (QED) is 0.907. The summed E-state index contributed by atoms with van der Waals surface area (Å²) in [6.07, 6.45) is -4.75. The third-order valence-corrected chi connectivity index (χ3v) is 2.53. The van der Waals surface area contributed by atoms with Crippen LogP contribution >= 0.6 is 23.2 Å². The Bertz CT molecular complexity index is 622. The van der Waals surface area contributed by atoms with Crippen molar-refractivity contribution >= 4 is 34.6 Å². The molecule has 0 saturated carbocycles. The molecule has 0 saturated heterocycles. The fraction of sp³-hybridized carbons (Fsp3) is 0.0909. The molecule has 0 aliphatic heterocycles. The molecule has 106 valence electrons. The van der Waals surface area contributed by atoms with Crippen molar-refractivity contribution < 1.29 is 17.9 Å². The van der Waals surface area contributed by atoms with Crippen molar-refractivity contribution in [2.24, 2.45) is 0 Å². The van der Waals surface area contributed by atoms with Crippen molar-refractivity contribution in [3.8, 4) is 5.75 Å². The Morgan fingerprint density at radius 2 is 1.85 bits per heavy atom. The summed E-state index contributed by atoms with van der Waals surface area (Å²) in [7, 11) is 0. The van der Waals surface area contributed by atoms with Crippen LogP contribution < -0.4 is 10.1 Å². The molecule has 0 spiro atoms. The van der Waals surface area contributed by atoms with Crippen molar-refractivity contribution in [1.29, 1.82) is 0 Å². The standard InChI is InChI=1S/C11H6Cl2F3N3O/c12-9-5-8(10(13)19-18-9)17-6-2-1-3-7(4-6)20-11(14,15)16/h1-5H,(H,17,18). The molecule has 0 amide bonds. The summed E-state index contributed by atoms with van der Waals surface area (Å²) >= 11 is 11.4. The Hall–Kier alpha value is -1.73. The SMILES string of the molecule is FC(F)(F)Oc1cccc(Nc2cc(Cl)nnc2Cl)c1. The Labute approximate surface area is 121 Å². The van der Waals surface area contributed by atoms with E-state index in [1.807, 2.05) is 0 Å². The van der Waals surface area contributed by atoms with E-state index in [4.69, 9.17) is 23.2 Å². The number of ether oxygens (including phenoxy) is 1. The lowest BCUT2D eigenvalue weighted by atomic mass is 10.3. The Kier molecular flexibility index (Phi) is 4.20. The van der Waals surface area contributed by atoms with Gasteiger partial charge in [-0.1, -0.05) is 29.3 Å². The maximum absolute atomic E-state index is 12.1. The van der Waals surface area contributed by atoms with Crippen LogP contribution in [0.15, 0.2) is 30.3 Å². The minimum Gasteiger partial charge on any atom is -0.406 e. The largest absolute Gasteiger partial charge is 0.573 e. The van der Waals surface area contributed by atoms with Gasteiger partial charge < -0.3 is 10.1 Å². The number of hydrogen-bond acceptors (Lipinski definition) is 4. The fourth-order valence-electron chi connectivity index (χ4n) is 1.37. The van der Waals surface area contributed by atoms with Crippen molar-refractivity contribution in [3.63, 3.8) is 0 Å². The van der Waals surface area contributed by atoms with Crippen LogP contribution in [-0.2, 0) is 0 Å². The van der Waals surface area contributed by atoms with E-state index in [-0.39, 0.29) is 16.1 Å². The molecule has 9 heteroatoms. The van der Waals surface area contributed by atoms with E-state index >= 15 is 0 Å². The molecule has 4 nitrogen and oxygen atoms in total. The van der Waals surface area contributed by atoms with Crippen LogP contribution in [0.5, 0.6) is 5.75 Å². The van der Waals surface area contributed by atoms with Crippen LogP contribution in [0, 0.1) is 0 Å². The predicted octanol–water partition coefficient (Wildman–Crippen LogP) is 4.43. The molecule has 0 atom stereocenters. The first-order chi connectivity index (χ1) is 9.33. The number of nitrogens with zero attached hydrogens (tertiary/aromatic N) is 2. The normalized spacial score (nSPS) is 11.2. The summed E-state index contributed by atoms with van der Waals surface area (Å²) in [6.45, 7) is 0.